The van der Waals surface area contributed by atoms with E-state index in [1.807, 2.05) is 17.2 Å². The van der Waals surface area contributed by atoms with E-state index in [1.165, 1.54) is 10.8 Å². The van der Waals surface area contributed by atoms with Gasteiger partial charge < -0.3 is 10.2 Å². The quantitative estimate of drug-likeness (QED) is 0.379. The number of hydrogen-bond acceptors (Lipinski definition) is 6. The molecule has 4 aromatic rings. The molecule has 1 amide bonds. The number of thioether (sulfide) groups is 1. The maximum absolute atomic E-state index is 12.6. The largest absolute Gasteiger partial charge is 0.350 e. The molecule has 0 spiro atoms. The maximum atomic E-state index is 12.6. The van der Waals surface area contributed by atoms with Gasteiger partial charge in [-0.1, -0.05) is 36.4 Å². The molecule has 0 unspecified atom stereocenters. The number of piperidine rings is 1. The summed E-state index contributed by atoms with van der Waals surface area (Å²) in [6.45, 7) is 1.57. The standard InChI is InChI=1S/C28H30N6OS/c1-36-18-24-16-30-26(22-11-8-19-5-2-3-6-21(19)15-22)34(24)25-12-13-29-28(32-25)31-23-7-4-14-33(17-23)27(35)20-9-10-20/h2-3,5-6,8,11-13,15-16,20,23H,4,7,9-10,14,17-18H2,1H3,(H,29,31,32)/t23-/m0/s1. The number of nitrogens with one attached hydrogen (secondary N) is 1. The molecule has 36 heavy (non-hydrogen) atoms. The summed E-state index contributed by atoms with van der Waals surface area (Å²) in [5.74, 6) is 3.65. The number of rotatable bonds is 7. The number of imidazole rings is 1. The van der Waals surface area contributed by atoms with Gasteiger partial charge >= 0.3 is 0 Å². The third-order valence-electron chi connectivity index (χ3n) is 7.00. The van der Waals surface area contributed by atoms with Gasteiger partial charge in [-0.25, -0.2) is 9.97 Å². The number of carbonyl (C=O) groups excluding carboxylic acids is 1. The molecule has 1 N–H and O–H groups in total. The van der Waals surface area contributed by atoms with Crippen molar-refractivity contribution in [2.75, 3.05) is 24.7 Å². The SMILES string of the molecule is CSCc1cnc(-c2ccc3ccccc3c2)n1-c1ccnc(N[C@H]2CCCN(C(=O)C3CC3)C2)n1. The van der Waals surface area contributed by atoms with E-state index in [0.717, 1.165) is 60.9 Å². The summed E-state index contributed by atoms with van der Waals surface area (Å²) >= 11 is 1.76. The molecular weight excluding hydrogens is 468 g/mol. The zero-order valence-electron chi connectivity index (χ0n) is 20.4. The van der Waals surface area contributed by atoms with E-state index in [1.54, 1.807) is 18.0 Å². The van der Waals surface area contributed by atoms with Gasteiger partial charge in [-0.15, -0.1) is 0 Å². The maximum Gasteiger partial charge on any atom is 0.225 e. The van der Waals surface area contributed by atoms with Gasteiger partial charge in [0.1, 0.15) is 11.6 Å². The highest BCUT2D eigenvalue weighted by Gasteiger charge is 2.35. The lowest BCUT2D eigenvalue weighted by atomic mass is 10.1. The molecule has 0 radical (unpaired) electrons. The van der Waals surface area contributed by atoms with Gasteiger partial charge in [0, 0.05) is 42.6 Å². The summed E-state index contributed by atoms with van der Waals surface area (Å²) in [6.07, 6.45) is 9.93. The van der Waals surface area contributed by atoms with Crippen LogP contribution in [0.15, 0.2) is 60.9 Å². The summed E-state index contributed by atoms with van der Waals surface area (Å²) in [5.41, 5.74) is 2.14. The number of likely N-dealkylation sites (tertiary alicyclic amines) is 1. The van der Waals surface area contributed by atoms with Gasteiger partial charge in [-0.05, 0) is 54.8 Å². The zero-order valence-corrected chi connectivity index (χ0v) is 21.2. The average molecular weight is 499 g/mol. The smallest absolute Gasteiger partial charge is 0.225 e. The molecule has 1 aliphatic carbocycles. The molecular formula is C28H30N6OS. The number of carbonyl (C=O) groups is 1. The summed E-state index contributed by atoms with van der Waals surface area (Å²) in [4.78, 5) is 28.8. The molecule has 3 heterocycles. The number of benzene rings is 2. The van der Waals surface area contributed by atoms with Crippen molar-refractivity contribution >= 4 is 34.4 Å². The Labute approximate surface area is 215 Å². The Morgan fingerprint density at radius 1 is 1.08 bits per heavy atom. The van der Waals surface area contributed by atoms with Crippen LogP contribution in [0.2, 0.25) is 0 Å². The van der Waals surface area contributed by atoms with Crippen molar-refractivity contribution in [3.05, 3.63) is 66.6 Å². The number of aromatic nitrogens is 4. The Balaban J connectivity index is 1.30. The van der Waals surface area contributed by atoms with E-state index in [-0.39, 0.29) is 12.0 Å². The molecule has 1 atom stereocenters. The summed E-state index contributed by atoms with van der Waals surface area (Å²) in [5, 5.41) is 5.90. The van der Waals surface area contributed by atoms with Crippen LogP contribution in [0.5, 0.6) is 0 Å². The topological polar surface area (TPSA) is 75.9 Å². The van der Waals surface area contributed by atoms with Crippen molar-refractivity contribution < 1.29 is 4.79 Å². The third-order valence-corrected chi connectivity index (χ3v) is 7.58. The van der Waals surface area contributed by atoms with Crippen LogP contribution in [0.1, 0.15) is 31.4 Å². The molecule has 2 fully saturated rings. The first-order valence-electron chi connectivity index (χ1n) is 12.6. The highest BCUT2D eigenvalue weighted by atomic mass is 32.2. The number of nitrogens with zero attached hydrogens (tertiary/aromatic N) is 5. The van der Waals surface area contributed by atoms with Gasteiger partial charge in [0.05, 0.1) is 11.9 Å². The lowest BCUT2D eigenvalue weighted by molar-refractivity contribution is -0.133. The van der Waals surface area contributed by atoms with Gasteiger partial charge in [0.2, 0.25) is 11.9 Å². The fraction of sp³-hybridized carbons (Fsp3) is 0.357. The number of anilines is 1. The molecule has 7 nitrogen and oxygen atoms in total. The zero-order chi connectivity index (χ0) is 24.5. The first-order chi connectivity index (χ1) is 17.7. The lowest BCUT2D eigenvalue weighted by Gasteiger charge is -2.33. The second-order valence-corrected chi connectivity index (χ2v) is 10.5. The highest BCUT2D eigenvalue weighted by molar-refractivity contribution is 7.97. The number of fused-ring (bicyclic) bond motifs is 1. The van der Waals surface area contributed by atoms with E-state index < -0.39 is 0 Å². The van der Waals surface area contributed by atoms with Crippen LogP contribution >= 0.6 is 11.8 Å². The van der Waals surface area contributed by atoms with Crippen molar-refractivity contribution in [1.29, 1.82) is 0 Å². The van der Waals surface area contributed by atoms with Crippen LogP contribution in [0, 0.1) is 5.92 Å². The van der Waals surface area contributed by atoms with Gasteiger partial charge in [-0.2, -0.15) is 16.7 Å². The van der Waals surface area contributed by atoms with Crippen LogP contribution in [0.4, 0.5) is 5.95 Å². The average Bonchev–Trinajstić information content (AvgIpc) is 3.68. The summed E-state index contributed by atoms with van der Waals surface area (Å²) in [7, 11) is 0. The fourth-order valence-corrected chi connectivity index (χ4v) is 5.53. The minimum Gasteiger partial charge on any atom is -0.350 e. The van der Waals surface area contributed by atoms with Crippen LogP contribution in [-0.4, -0.2) is 55.7 Å². The van der Waals surface area contributed by atoms with E-state index in [0.29, 0.717) is 18.4 Å². The minimum atomic E-state index is 0.158. The fourth-order valence-electron chi connectivity index (χ4n) is 5.03. The lowest BCUT2D eigenvalue weighted by Crippen LogP contribution is -2.45. The number of amides is 1. The number of hydrogen-bond donors (Lipinski definition) is 1. The van der Waals surface area contributed by atoms with Crippen LogP contribution in [0.3, 0.4) is 0 Å². The van der Waals surface area contributed by atoms with E-state index in [2.05, 4.69) is 63.6 Å². The molecule has 1 saturated heterocycles. The summed E-state index contributed by atoms with van der Waals surface area (Å²) < 4.78 is 2.14. The molecule has 1 aliphatic heterocycles. The molecule has 1 saturated carbocycles. The van der Waals surface area contributed by atoms with Crippen molar-refractivity contribution in [2.45, 2.75) is 37.5 Å². The van der Waals surface area contributed by atoms with Gasteiger partial charge in [0.25, 0.3) is 0 Å². The third kappa shape index (κ3) is 4.69. The second-order valence-electron chi connectivity index (χ2n) is 9.68. The molecule has 184 valence electrons. The molecule has 2 aromatic carbocycles. The Kier molecular flexibility index (Phi) is 6.35. The Morgan fingerprint density at radius 3 is 2.78 bits per heavy atom. The normalized spacial score (nSPS) is 17.9. The predicted molar refractivity (Wildman–Crippen MR) is 145 cm³/mol. The van der Waals surface area contributed by atoms with Crippen molar-refractivity contribution in [3.63, 3.8) is 0 Å². The van der Waals surface area contributed by atoms with E-state index in [9.17, 15) is 4.79 Å². The van der Waals surface area contributed by atoms with Crippen LogP contribution in [-0.2, 0) is 10.5 Å². The van der Waals surface area contributed by atoms with E-state index >= 15 is 0 Å². The van der Waals surface area contributed by atoms with Crippen molar-refractivity contribution in [1.82, 2.24) is 24.4 Å². The molecule has 0 bridgehead atoms. The molecule has 2 aliphatic rings. The Bertz CT molecular complexity index is 1400. The monoisotopic (exact) mass is 498 g/mol. The highest BCUT2D eigenvalue weighted by Crippen LogP contribution is 2.32. The molecule has 8 heteroatoms. The van der Waals surface area contributed by atoms with Crippen LogP contribution < -0.4 is 5.32 Å². The summed E-state index contributed by atoms with van der Waals surface area (Å²) in [6, 6.07) is 16.9. The first-order valence-corrected chi connectivity index (χ1v) is 14.0. The van der Waals surface area contributed by atoms with E-state index in [4.69, 9.17) is 9.97 Å². The minimum absolute atomic E-state index is 0.158. The predicted octanol–water partition coefficient (Wildman–Crippen LogP) is 5.16. The van der Waals surface area contributed by atoms with Crippen molar-refractivity contribution in [3.8, 4) is 17.2 Å². The Morgan fingerprint density at radius 2 is 1.94 bits per heavy atom. The second kappa shape index (κ2) is 9.93. The van der Waals surface area contributed by atoms with Gasteiger partial charge in [-0.3, -0.25) is 9.36 Å². The van der Waals surface area contributed by atoms with Gasteiger partial charge in [0.15, 0.2) is 0 Å². The van der Waals surface area contributed by atoms with Crippen molar-refractivity contribution in [2.24, 2.45) is 5.92 Å². The van der Waals surface area contributed by atoms with Crippen LogP contribution in [0.25, 0.3) is 28.0 Å². The first kappa shape index (κ1) is 23.0. The molecule has 2 aromatic heterocycles. The Hall–Kier alpha value is -3.39. The molecule has 6 rings (SSSR count).